The quantitative estimate of drug-likeness (QED) is 0.567. The predicted molar refractivity (Wildman–Crippen MR) is 125 cm³/mol. The average molecular weight is 454 g/mol. The first kappa shape index (κ1) is 22.8. The lowest BCUT2D eigenvalue weighted by Gasteiger charge is -2.35. The van der Waals surface area contributed by atoms with Crippen LogP contribution in [0.25, 0.3) is 11.0 Å². The fourth-order valence-electron chi connectivity index (χ4n) is 4.55. The highest BCUT2D eigenvalue weighted by molar-refractivity contribution is 6.06. The molecule has 1 aromatic carbocycles. The van der Waals surface area contributed by atoms with Gasteiger partial charge >= 0.3 is 0 Å². The maximum atomic E-state index is 13.4. The van der Waals surface area contributed by atoms with Gasteiger partial charge in [0.05, 0.1) is 38.0 Å². The fourth-order valence-corrected chi connectivity index (χ4v) is 4.55. The van der Waals surface area contributed by atoms with Gasteiger partial charge in [-0.05, 0) is 26.0 Å². The van der Waals surface area contributed by atoms with Gasteiger partial charge in [-0.25, -0.2) is 4.98 Å². The molecule has 1 aliphatic heterocycles. The molecule has 0 aliphatic carbocycles. The van der Waals surface area contributed by atoms with Crippen molar-refractivity contribution in [2.24, 2.45) is 7.05 Å². The number of fused-ring (bicyclic) bond motifs is 1. The van der Waals surface area contributed by atoms with E-state index < -0.39 is 0 Å². The Hall–Kier alpha value is -3.33. The van der Waals surface area contributed by atoms with Gasteiger partial charge in [0.2, 0.25) is 5.75 Å². The second-order valence-corrected chi connectivity index (χ2v) is 8.28. The summed E-state index contributed by atoms with van der Waals surface area (Å²) in [6, 6.07) is 5.77. The normalized spacial score (nSPS) is 14.5. The summed E-state index contributed by atoms with van der Waals surface area (Å²) in [6.07, 6.45) is 0. The number of ether oxygens (including phenoxy) is 3. The Balaban J connectivity index is 1.49. The third kappa shape index (κ3) is 4.20. The summed E-state index contributed by atoms with van der Waals surface area (Å²) in [5, 5.41) is 5.30. The van der Waals surface area contributed by atoms with Gasteiger partial charge < -0.3 is 19.1 Å². The van der Waals surface area contributed by atoms with Crippen LogP contribution in [0.4, 0.5) is 0 Å². The van der Waals surface area contributed by atoms with Crippen LogP contribution in [0.2, 0.25) is 0 Å². The van der Waals surface area contributed by atoms with Crippen molar-refractivity contribution in [3.05, 3.63) is 40.7 Å². The highest BCUT2D eigenvalue weighted by Gasteiger charge is 2.27. The number of benzene rings is 1. The average Bonchev–Trinajstić information content (AvgIpc) is 3.11. The summed E-state index contributed by atoms with van der Waals surface area (Å²) in [6.45, 7) is 7.36. The number of hydrogen-bond donors (Lipinski definition) is 0. The van der Waals surface area contributed by atoms with E-state index in [0.29, 0.717) is 42.4 Å². The van der Waals surface area contributed by atoms with Crippen LogP contribution in [-0.2, 0) is 13.6 Å². The minimum Gasteiger partial charge on any atom is -0.493 e. The summed E-state index contributed by atoms with van der Waals surface area (Å²) in [5.74, 6) is 1.94. The highest BCUT2D eigenvalue weighted by Crippen LogP contribution is 2.40. The van der Waals surface area contributed by atoms with Gasteiger partial charge in [0.25, 0.3) is 5.91 Å². The Morgan fingerprint density at radius 2 is 1.70 bits per heavy atom. The Kier molecular flexibility index (Phi) is 6.42. The van der Waals surface area contributed by atoms with Gasteiger partial charge in [-0.1, -0.05) is 6.07 Å². The molecule has 4 rings (SSSR count). The molecular formula is C24H31N5O4. The summed E-state index contributed by atoms with van der Waals surface area (Å²) in [7, 11) is 6.71. The van der Waals surface area contributed by atoms with Crippen molar-refractivity contribution in [2.75, 3.05) is 47.5 Å². The maximum absolute atomic E-state index is 13.4. The second kappa shape index (κ2) is 9.27. The van der Waals surface area contributed by atoms with Crippen molar-refractivity contribution >= 4 is 16.9 Å². The lowest BCUT2D eigenvalue weighted by Crippen LogP contribution is -2.48. The number of pyridine rings is 1. The molecule has 2 aromatic heterocycles. The third-order valence-corrected chi connectivity index (χ3v) is 6.17. The van der Waals surface area contributed by atoms with E-state index in [4.69, 9.17) is 14.2 Å². The number of nitrogens with zero attached hydrogens (tertiary/aromatic N) is 5. The topological polar surface area (TPSA) is 82.0 Å². The summed E-state index contributed by atoms with van der Waals surface area (Å²) < 4.78 is 18.3. The molecule has 1 aliphatic rings. The Morgan fingerprint density at radius 1 is 1.00 bits per heavy atom. The molecule has 0 bridgehead atoms. The number of carbonyl (C=O) groups is 1. The predicted octanol–water partition coefficient (Wildman–Crippen LogP) is 2.57. The standard InChI is InChI=1S/C24H31N5O4/c1-15-13-18(20-16(2)26-27(3)23(20)25-15)24(30)29-11-9-28(10-12-29)14-17-7-8-19(31-4)22(33-6)21(17)32-5/h7-8,13H,9-12,14H2,1-6H3. The largest absolute Gasteiger partial charge is 0.493 e. The molecule has 1 amide bonds. The number of hydrogen-bond acceptors (Lipinski definition) is 7. The molecule has 1 saturated heterocycles. The van der Waals surface area contributed by atoms with Crippen molar-refractivity contribution in [3.8, 4) is 17.2 Å². The minimum absolute atomic E-state index is 0.0324. The van der Waals surface area contributed by atoms with Crippen LogP contribution in [0.15, 0.2) is 18.2 Å². The SMILES string of the molecule is COc1ccc(CN2CCN(C(=O)c3cc(C)nc4c3c(C)nn4C)CC2)c(OC)c1OC. The van der Waals surface area contributed by atoms with Gasteiger partial charge in [0.1, 0.15) is 0 Å². The van der Waals surface area contributed by atoms with Crippen LogP contribution in [0.5, 0.6) is 17.2 Å². The van der Waals surface area contributed by atoms with E-state index in [2.05, 4.69) is 15.0 Å². The molecule has 0 radical (unpaired) electrons. The van der Waals surface area contributed by atoms with E-state index in [9.17, 15) is 4.79 Å². The van der Waals surface area contributed by atoms with Crippen molar-refractivity contribution in [1.29, 1.82) is 0 Å². The minimum atomic E-state index is 0.0324. The first-order valence-corrected chi connectivity index (χ1v) is 11.0. The molecule has 3 heterocycles. The summed E-state index contributed by atoms with van der Waals surface area (Å²) >= 11 is 0. The van der Waals surface area contributed by atoms with Crippen LogP contribution in [0, 0.1) is 13.8 Å². The van der Waals surface area contributed by atoms with Gasteiger partial charge in [0.15, 0.2) is 17.1 Å². The van der Waals surface area contributed by atoms with E-state index in [1.807, 2.05) is 44.0 Å². The molecular weight excluding hydrogens is 422 g/mol. The molecule has 9 nitrogen and oxygen atoms in total. The number of aromatic nitrogens is 3. The van der Waals surface area contributed by atoms with Gasteiger partial charge in [-0.2, -0.15) is 5.10 Å². The van der Waals surface area contributed by atoms with Crippen LogP contribution in [-0.4, -0.2) is 78.0 Å². The first-order chi connectivity index (χ1) is 15.9. The molecule has 1 fully saturated rings. The molecule has 0 N–H and O–H groups in total. The number of aryl methyl sites for hydroxylation is 3. The zero-order chi connectivity index (χ0) is 23.7. The number of amides is 1. The van der Waals surface area contributed by atoms with E-state index >= 15 is 0 Å². The van der Waals surface area contributed by atoms with E-state index in [1.165, 1.54) is 0 Å². The fraction of sp³-hybridized carbons (Fsp3) is 0.458. The van der Waals surface area contributed by atoms with Gasteiger partial charge in [-0.3, -0.25) is 14.4 Å². The van der Waals surface area contributed by atoms with Crippen LogP contribution in [0.3, 0.4) is 0 Å². The number of rotatable bonds is 6. The zero-order valence-electron chi connectivity index (χ0n) is 20.1. The lowest BCUT2D eigenvalue weighted by molar-refractivity contribution is 0.0629. The summed E-state index contributed by atoms with van der Waals surface area (Å²) in [4.78, 5) is 22.3. The molecule has 0 atom stereocenters. The van der Waals surface area contributed by atoms with E-state index in [-0.39, 0.29) is 5.91 Å². The molecule has 0 saturated carbocycles. The third-order valence-electron chi connectivity index (χ3n) is 6.17. The van der Waals surface area contributed by atoms with Crippen LogP contribution < -0.4 is 14.2 Å². The number of methoxy groups -OCH3 is 3. The number of piperazine rings is 1. The second-order valence-electron chi connectivity index (χ2n) is 8.28. The molecule has 0 spiro atoms. The van der Waals surface area contributed by atoms with Gasteiger partial charge in [0, 0.05) is 51.0 Å². The monoisotopic (exact) mass is 453 g/mol. The zero-order valence-corrected chi connectivity index (χ0v) is 20.1. The lowest BCUT2D eigenvalue weighted by atomic mass is 10.1. The first-order valence-electron chi connectivity index (χ1n) is 11.0. The van der Waals surface area contributed by atoms with E-state index in [0.717, 1.165) is 41.1 Å². The summed E-state index contributed by atoms with van der Waals surface area (Å²) in [5.41, 5.74) is 4.08. The molecule has 0 unspecified atom stereocenters. The van der Waals surface area contributed by atoms with Crippen molar-refractivity contribution in [3.63, 3.8) is 0 Å². The molecule has 176 valence electrons. The molecule has 33 heavy (non-hydrogen) atoms. The highest BCUT2D eigenvalue weighted by atomic mass is 16.5. The van der Waals surface area contributed by atoms with Crippen molar-refractivity contribution in [2.45, 2.75) is 20.4 Å². The van der Waals surface area contributed by atoms with Crippen molar-refractivity contribution in [1.82, 2.24) is 24.6 Å². The van der Waals surface area contributed by atoms with Crippen molar-refractivity contribution < 1.29 is 19.0 Å². The Labute approximate surface area is 193 Å². The molecule has 3 aromatic rings. The number of carbonyl (C=O) groups excluding carboxylic acids is 1. The van der Waals surface area contributed by atoms with Gasteiger partial charge in [-0.15, -0.1) is 0 Å². The van der Waals surface area contributed by atoms with E-state index in [1.54, 1.807) is 26.0 Å². The smallest absolute Gasteiger partial charge is 0.254 e. The van der Waals surface area contributed by atoms with Crippen LogP contribution >= 0.6 is 0 Å². The Bertz CT molecular complexity index is 1180. The maximum Gasteiger partial charge on any atom is 0.254 e. The van der Waals surface area contributed by atoms with Crippen LogP contribution in [0.1, 0.15) is 27.3 Å². The molecule has 9 heteroatoms. The Morgan fingerprint density at radius 3 is 2.33 bits per heavy atom.